The number of nitrogens with zero attached hydrogens (tertiary/aromatic N) is 3. The first-order valence-corrected chi connectivity index (χ1v) is 11.6. The van der Waals surface area contributed by atoms with Gasteiger partial charge in [0.1, 0.15) is 23.4 Å². The highest BCUT2D eigenvalue weighted by molar-refractivity contribution is 8.00. The first-order valence-electron chi connectivity index (χ1n) is 10.8. The Kier molecular flexibility index (Phi) is 6.18. The predicted octanol–water partition coefficient (Wildman–Crippen LogP) is 4.70. The van der Waals surface area contributed by atoms with Gasteiger partial charge >= 0.3 is 0 Å². The summed E-state index contributed by atoms with van der Waals surface area (Å²) in [6.45, 7) is 2.18. The number of aromatic nitrogens is 3. The number of nitrogens with one attached hydrogen (secondary N) is 2. The van der Waals surface area contributed by atoms with Crippen molar-refractivity contribution in [3.05, 3.63) is 102 Å². The van der Waals surface area contributed by atoms with Gasteiger partial charge in [0, 0.05) is 5.69 Å². The maximum absolute atomic E-state index is 13.6. The second-order valence-electron chi connectivity index (χ2n) is 7.89. The van der Waals surface area contributed by atoms with E-state index in [0.717, 1.165) is 11.1 Å². The lowest BCUT2D eigenvalue weighted by Gasteiger charge is -2.33. The average Bonchev–Trinajstić information content (AvgIpc) is 3.26. The number of halogens is 1. The lowest BCUT2D eigenvalue weighted by Crippen LogP contribution is -2.41. The summed E-state index contributed by atoms with van der Waals surface area (Å²) >= 11 is 1.30. The maximum Gasteiger partial charge on any atom is 0.240 e. The van der Waals surface area contributed by atoms with Crippen LogP contribution < -0.4 is 15.5 Å². The van der Waals surface area contributed by atoms with Crippen molar-refractivity contribution in [2.24, 2.45) is 0 Å². The number of anilines is 1. The molecule has 5 rings (SSSR count). The van der Waals surface area contributed by atoms with Crippen LogP contribution in [-0.4, -0.2) is 26.0 Å². The summed E-state index contributed by atoms with van der Waals surface area (Å²) in [4.78, 5) is 13.3. The van der Waals surface area contributed by atoms with Crippen molar-refractivity contribution in [2.75, 3.05) is 10.7 Å². The van der Waals surface area contributed by atoms with Gasteiger partial charge < -0.3 is 15.5 Å². The maximum atomic E-state index is 13.6. The number of hydrogen-bond donors (Lipinski definition) is 2. The van der Waals surface area contributed by atoms with Crippen molar-refractivity contribution in [1.82, 2.24) is 14.9 Å². The van der Waals surface area contributed by atoms with E-state index in [2.05, 4.69) is 20.9 Å². The van der Waals surface area contributed by atoms with E-state index in [0.29, 0.717) is 22.4 Å². The first kappa shape index (κ1) is 22.0. The number of para-hydroxylation sites is 1. The van der Waals surface area contributed by atoms with Crippen molar-refractivity contribution in [3.8, 4) is 5.75 Å². The van der Waals surface area contributed by atoms with Gasteiger partial charge in [-0.25, -0.2) is 9.07 Å². The van der Waals surface area contributed by atoms with E-state index in [1.807, 2.05) is 61.5 Å². The second kappa shape index (κ2) is 9.56. The highest BCUT2D eigenvalue weighted by atomic mass is 32.2. The van der Waals surface area contributed by atoms with Gasteiger partial charge in [0.25, 0.3) is 0 Å². The molecule has 0 saturated heterocycles. The molecule has 0 unspecified atom stereocenters. The number of amides is 1. The zero-order valence-electron chi connectivity index (χ0n) is 18.3. The lowest BCUT2D eigenvalue weighted by molar-refractivity contribution is -0.116. The number of hydrogen-bond acceptors (Lipinski definition) is 6. The summed E-state index contributed by atoms with van der Waals surface area (Å²) in [6.07, 6.45) is 0. The standard InChI is InChI=1S/C25H22FN5O2S/c1-16-7-13-19(14-8-16)27-24(32)23-22(17-9-11-18(26)12-10-17)30-31-21(28-29-25(31)34-23)15-33-20-5-3-2-4-6-20/h2-14,22-23,30H,15H2,1H3,(H,27,32)/t22-,23+/m0/s1. The molecule has 0 fully saturated rings. The van der Waals surface area contributed by atoms with Crippen molar-refractivity contribution < 1.29 is 13.9 Å². The van der Waals surface area contributed by atoms with Crippen molar-refractivity contribution >= 4 is 23.4 Å². The Hall–Kier alpha value is -3.85. The Bertz CT molecular complexity index is 1280. The molecule has 34 heavy (non-hydrogen) atoms. The molecule has 2 heterocycles. The third kappa shape index (κ3) is 4.74. The van der Waals surface area contributed by atoms with Gasteiger partial charge in [-0.1, -0.05) is 59.8 Å². The molecule has 2 atom stereocenters. The minimum atomic E-state index is -0.564. The number of carbonyl (C=O) groups excluding carboxylic acids is 1. The molecule has 1 amide bonds. The van der Waals surface area contributed by atoms with E-state index in [1.165, 1.54) is 23.9 Å². The van der Waals surface area contributed by atoms with Gasteiger partial charge in [0.15, 0.2) is 5.82 Å². The van der Waals surface area contributed by atoms with Crippen LogP contribution in [0.15, 0.2) is 84.0 Å². The van der Waals surface area contributed by atoms with Crippen LogP contribution in [0.2, 0.25) is 0 Å². The van der Waals surface area contributed by atoms with E-state index in [9.17, 15) is 9.18 Å². The smallest absolute Gasteiger partial charge is 0.240 e. The van der Waals surface area contributed by atoms with Gasteiger partial charge in [-0.3, -0.25) is 4.79 Å². The van der Waals surface area contributed by atoms with E-state index < -0.39 is 11.3 Å². The van der Waals surface area contributed by atoms with E-state index >= 15 is 0 Å². The number of carbonyl (C=O) groups is 1. The van der Waals surface area contributed by atoms with Gasteiger partial charge in [0.05, 0.1) is 6.04 Å². The number of fused-ring (bicyclic) bond motifs is 1. The topological polar surface area (TPSA) is 81.1 Å². The molecule has 0 spiro atoms. The SMILES string of the molecule is Cc1ccc(NC(=O)[C@@H]2Sc3nnc(COc4ccccc4)n3N[C@H]2c2ccc(F)cc2)cc1. The van der Waals surface area contributed by atoms with E-state index in [1.54, 1.807) is 16.8 Å². The molecule has 7 nitrogen and oxygen atoms in total. The van der Waals surface area contributed by atoms with Crippen molar-refractivity contribution in [2.45, 2.75) is 30.0 Å². The Morgan fingerprint density at radius 3 is 2.53 bits per heavy atom. The average molecular weight is 476 g/mol. The van der Waals surface area contributed by atoms with Crippen LogP contribution in [0.25, 0.3) is 0 Å². The van der Waals surface area contributed by atoms with Gasteiger partial charge in [-0.15, -0.1) is 10.2 Å². The summed E-state index contributed by atoms with van der Waals surface area (Å²) in [6, 6.07) is 22.7. The zero-order chi connectivity index (χ0) is 23.5. The van der Waals surface area contributed by atoms with Crippen LogP contribution in [0, 0.1) is 12.7 Å². The van der Waals surface area contributed by atoms with Crippen LogP contribution in [0.1, 0.15) is 23.0 Å². The molecule has 4 aromatic rings. The van der Waals surface area contributed by atoms with Crippen molar-refractivity contribution in [3.63, 3.8) is 0 Å². The number of rotatable bonds is 6. The van der Waals surface area contributed by atoms with E-state index in [4.69, 9.17) is 4.74 Å². The molecule has 0 bridgehead atoms. The summed E-state index contributed by atoms with van der Waals surface area (Å²) in [7, 11) is 0. The fourth-order valence-corrected chi connectivity index (χ4v) is 4.73. The zero-order valence-corrected chi connectivity index (χ0v) is 19.1. The molecule has 0 aliphatic carbocycles. The molecule has 172 valence electrons. The Morgan fingerprint density at radius 1 is 1.06 bits per heavy atom. The molecule has 1 aliphatic rings. The van der Waals surface area contributed by atoms with E-state index in [-0.39, 0.29) is 18.3 Å². The Balaban J connectivity index is 1.41. The van der Waals surface area contributed by atoms with Crippen LogP contribution in [-0.2, 0) is 11.4 Å². The molecule has 1 aliphatic heterocycles. The highest BCUT2D eigenvalue weighted by Crippen LogP contribution is 2.37. The van der Waals surface area contributed by atoms with Gasteiger partial charge in [-0.2, -0.15) is 0 Å². The Labute approximate surface area is 200 Å². The number of ether oxygens (including phenoxy) is 1. The summed E-state index contributed by atoms with van der Waals surface area (Å²) in [5.41, 5.74) is 5.93. The molecule has 0 radical (unpaired) electrons. The molecule has 3 aromatic carbocycles. The second-order valence-corrected chi connectivity index (χ2v) is 9.00. The minimum absolute atomic E-state index is 0.188. The van der Waals surface area contributed by atoms with Crippen molar-refractivity contribution in [1.29, 1.82) is 0 Å². The molecular formula is C25H22FN5O2S. The minimum Gasteiger partial charge on any atom is -0.486 e. The molecule has 9 heteroatoms. The fraction of sp³-hybridized carbons (Fsp3) is 0.160. The van der Waals surface area contributed by atoms with Crippen LogP contribution in [0.4, 0.5) is 10.1 Å². The van der Waals surface area contributed by atoms with Gasteiger partial charge in [-0.05, 0) is 48.9 Å². The summed E-state index contributed by atoms with van der Waals surface area (Å²) in [5, 5.41) is 11.5. The number of benzene rings is 3. The van der Waals surface area contributed by atoms with Gasteiger partial charge in [0.2, 0.25) is 11.1 Å². The quantitative estimate of drug-likeness (QED) is 0.421. The normalized spacial score (nSPS) is 16.9. The molecule has 2 N–H and O–H groups in total. The highest BCUT2D eigenvalue weighted by Gasteiger charge is 2.38. The predicted molar refractivity (Wildman–Crippen MR) is 129 cm³/mol. The van der Waals surface area contributed by atoms with Crippen LogP contribution in [0.3, 0.4) is 0 Å². The fourth-order valence-electron chi connectivity index (χ4n) is 3.63. The molecular weight excluding hydrogens is 453 g/mol. The Morgan fingerprint density at radius 2 is 1.79 bits per heavy atom. The lowest BCUT2D eigenvalue weighted by atomic mass is 10.0. The number of thioether (sulfide) groups is 1. The third-order valence-corrected chi connectivity index (χ3v) is 6.64. The first-order chi connectivity index (χ1) is 16.6. The summed E-state index contributed by atoms with van der Waals surface area (Å²) in [5.74, 6) is 0.756. The number of aryl methyl sites for hydroxylation is 1. The van der Waals surface area contributed by atoms with Crippen LogP contribution >= 0.6 is 11.8 Å². The molecule has 0 saturated carbocycles. The largest absolute Gasteiger partial charge is 0.486 e. The monoisotopic (exact) mass is 475 g/mol. The third-order valence-electron chi connectivity index (χ3n) is 5.42. The van der Waals surface area contributed by atoms with Crippen LogP contribution in [0.5, 0.6) is 5.75 Å². The summed E-state index contributed by atoms with van der Waals surface area (Å²) < 4.78 is 21.2. The molecule has 1 aromatic heterocycles.